The molecule has 0 aromatic carbocycles. The first-order chi connectivity index (χ1) is 11.1. The zero-order valence-corrected chi connectivity index (χ0v) is 12.5. The Morgan fingerprint density at radius 1 is 1.43 bits per heavy atom. The number of piperidine rings is 1. The summed E-state index contributed by atoms with van der Waals surface area (Å²) >= 11 is 0. The first-order valence-corrected chi connectivity index (χ1v) is 7.49. The zero-order chi connectivity index (χ0) is 16.2. The van der Waals surface area contributed by atoms with Crippen molar-refractivity contribution in [1.29, 1.82) is 0 Å². The first kappa shape index (κ1) is 15.3. The topological polar surface area (TPSA) is 110 Å². The smallest absolute Gasteiger partial charge is 0.308 e. The number of aliphatic carboxylic acids is 1. The van der Waals surface area contributed by atoms with E-state index >= 15 is 0 Å². The zero-order valence-electron chi connectivity index (χ0n) is 12.5. The highest BCUT2D eigenvalue weighted by Crippen LogP contribution is 2.19. The normalized spacial score (nSPS) is 18.1. The lowest BCUT2D eigenvalue weighted by molar-refractivity contribution is -0.145. The predicted octanol–water partition coefficient (Wildman–Crippen LogP) is 1.59. The maximum absolute atomic E-state index is 12.2. The maximum atomic E-state index is 12.2. The van der Waals surface area contributed by atoms with E-state index in [-0.39, 0.29) is 18.9 Å². The van der Waals surface area contributed by atoms with Crippen molar-refractivity contribution in [2.24, 2.45) is 5.92 Å². The second-order valence-corrected chi connectivity index (χ2v) is 5.54. The number of carbonyl (C=O) groups is 2. The van der Waals surface area contributed by atoms with Crippen LogP contribution in [-0.2, 0) is 16.0 Å². The molecule has 1 amide bonds. The van der Waals surface area contributed by atoms with Gasteiger partial charge in [0.05, 0.1) is 17.7 Å². The van der Waals surface area contributed by atoms with Crippen molar-refractivity contribution in [1.82, 2.24) is 15.0 Å². The van der Waals surface area contributed by atoms with Crippen molar-refractivity contribution < 1.29 is 23.6 Å². The van der Waals surface area contributed by atoms with E-state index < -0.39 is 11.9 Å². The van der Waals surface area contributed by atoms with E-state index in [1.54, 1.807) is 11.0 Å². The molecule has 23 heavy (non-hydrogen) atoms. The van der Waals surface area contributed by atoms with Gasteiger partial charge in [-0.2, -0.15) is 4.98 Å². The van der Waals surface area contributed by atoms with Crippen LogP contribution in [0.4, 0.5) is 0 Å². The van der Waals surface area contributed by atoms with Crippen molar-refractivity contribution >= 4 is 11.9 Å². The molecule has 1 saturated heterocycles. The van der Waals surface area contributed by atoms with Crippen LogP contribution >= 0.6 is 0 Å². The lowest BCUT2D eigenvalue weighted by Crippen LogP contribution is -2.42. The molecule has 0 radical (unpaired) electrons. The van der Waals surface area contributed by atoms with Crippen LogP contribution in [0.3, 0.4) is 0 Å². The number of nitrogens with zero attached hydrogens (tertiary/aromatic N) is 3. The third kappa shape index (κ3) is 3.58. The predicted molar refractivity (Wildman–Crippen MR) is 77.3 cm³/mol. The number of carboxylic acid groups (broad SMARTS) is 1. The third-order valence-electron chi connectivity index (χ3n) is 3.92. The second-order valence-electron chi connectivity index (χ2n) is 5.54. The molecule has 3 rings (SSSR count). The van der Waals surface area contributed by atoms with Crippen molar-refractivity contribution in [3.63, 3.8) is 0 Å². The Balaban J connectivity index is 1.54. The van der Waals surface area contributed by atoms with E-state index in [4.69, 9.17) is 14.0 Å². The summed E-state index contributed by atoms with van der Waals surface area (Å²) in [5, 5.41) is 12.9. The minimum absolute atomic E-state index is 0.0842. The summed E-state index contributed by atoms with van der Waals surface area (Å²) in [5.74, 6) is -0.599. The Labute approximate surface area is 132 Å². The van der Waals surface area contributed by atoms with Gasteiger partial charge in [0.25, 0.3) is 0 Å². The number of likely N-dealkylation sites (tertiary alicyclic amines) is 1. The van der Waals surface area contributed by atoms with Gasteiger partial charge < -0.3 is 18.9 Å². The van der Waals surface area contributed by atoms with Crippen LogP contribution in [0.15, 0.2) is 27.5 Å². The van der Waals surface area contributed by atoms with Crippen LogP contribution in [0.1, 0.15) is 25.2 Å². The molecule has 1 aliphatic rings. The lowest BCUT2D eigenvalue weighted by Gasteiger charge is -2.30. The monoisotopic (exact) mass is 319 g/mol. The molecule has 2 aromatic rings. The number of amides is 1. The number of carbonyl (C=O) groups excluding carboxylic acids is 1. The summed E-state index contributed by atoms with van der Waals surface area (Å²) in [6.45, 7) is 0.880. The Morgan fingerprint density at radius 2 is 2.30 bits per heavy atom. The third-order valence-corrected chi connectivity index (χ3v) is 3.92. The summed E-state index contributed by atoms with van der Waals surface area (Å²) in [7, 11) is 0. The number of carboxylic acids is 1. The number of aryl methyl sites for hydroxylation is 1. The Kier molecular flexibility index (Phi) is 4.40. The quantitative estimate of drug-likeness (QED) is 0.891. The largest absolute Gasteiger partial charge is 0.481 e. The van der Waals surface area contributed by atoms with Gasteiger partial charge in [-0.3, -0.25) is 9.59 Å². The van der Waals surface area contributed by atoms with Gasteiger partial charge in [-0.25, -0.2) is 0 Å². The van der Waals surface area contributed by atoms with E-state index in [1.807, 2.05) is 0 Å². The second kappa shape index (κ2) is 6.64. The van der Waals surface area contributed by atoms with Crippen molar-refractivity contribution in [3.8, 4) is 11.4 Å². The van der Waals surface area contributed by atoms with Gasteiger partial charge in [-0.1, -0.05) is 5.16 Å². The van der Waals surface area contributed by atoms with Crippen molar-refractivity contribution in [2.45, 2.75) is 25.7 Å². The molecule has 1 atom stereocenters. The summed E-state index contributed by atoms with van der Waals surface area (Å²) in [5.41, 5.74) is 0.714. The first-order valence-electron chi connectivity index (χ1n) is 7.49. The van der Waals surface area contributed by atoms with E-state index in [0.29, 0.717) is 43.1 Å². The molecule has 8 nitrogen and oxygen atoms in total. The van der Waals surface area contributed by atoms with Gasteiger partial charge in [0, 0.05) is 25.9 Å². The molecule has 0 bridgehead atoms. The Bertz CT molecular complexity index is 679. The maximum Gasteiger partial charge on any atom is 0.308 e. The lowest BCUT2D eigenvalue weighted by atomic mass is 9.98. The van der Waals surface area contributed by atoms with Crippen LogP contribution in [0, 0.1) is 5.92 Å². The molecule has 0 saturated carbocycles. The molecule has 0 spiro atoms. The number of furan rings is 1. The molecule has 8 heteroatoms. The number of rotatable bonds is 5. The molecule has 0 unspecified atom stereocenters. The van der Waals surface area contributed by atoms with Crippen LogP contribution in [0.5, 0.6) is 0 Å². The summed E-state index contributed by atoms with van der Waals surface area (Å²) in [6.07, 6.45) is 4.92. The van der Waals surface area contributed by atoms with E-state index in [2.05, 4.69) is 10.1 Å². The Hall–Kier alpha value is -2.64. The van der Waals surface area contributed by atoms with Gasteiger partial charge in [-0.05, 0) is 18.9 Å². The fourth-order valence-corrected chi connectivity index (χ4v) is 2.64. The molecule has 1 aliphatic heterocycles. The van der Waals surface area contributed by atoms with Gasteiger partial charge in [0.15, 0.2) is 0 Å². The van der Waals surface area contributed by atoms with Crippen LogP contribution in [0.25, 0.3) is 11.4 Å². The highest BCUT2D eigenvalue weighted by atomic mass is 16.5. The van der Waals surface area contributed by atoms with E-state index in [1.165, 1.54) is 12.5 Å². The fraction of sp³-hybridized carbons (Fsp3) is 0.467. The molecule has 122 valence electrons. The molecule has 3 heterocycles. The number of hydrogen-bond donors (Lipinski definition) is 1. The van der Waals surface area contributed by atoms with Crippen molar-refractivity contribution in [2.75, 3.05) is 13.1 Å². The highest BCUT2D eigenvalue weighted by Gasteiger charge is 2.28. The van der Waals surface area contributed by atoms with Gasteiger partial charge >= 0.3 is 5.97 Å². The molecule has 1 fully saturated rings. The van der Waals surface area contributed by atoms with Gasteiger partial charge in [-0.15, -0.1) is 0 Å². The standard InChI is InChI=1S/C15H17N3O5/c19-13(18-6-1-2-10(8-18)15(20)21)4-3-12-16-14(17-23-12)11-5-7-22-9-11/h5,7,9-10H,1-4,6,8H2,(H,20,21)/t10-/m1/s1. The van der Waals surface area contributed by atoms with E-state index in [0.717, 1.165) is 0 Å². The van der Waals surface area contributed by atoms with Crippen LogP contribution in [-0.4, -0.2) is 45.1 Å². The average Bonchev–Trinajstić information content (AvgIpc) is 3.23. The van der Waals surface area contributed by atoms with E-state index in [9.17, 15) is 9.59 Å². The van der Waals surface area contributed by atoms with Crippen molar-refractivity contribution in [3.05, 3.63) is 24.5 Å². The average molecular weight is 319 g/mol. The molecular weight excluding hydrogens is 302 g/mol. The Morgan fingerprint density at radius 3 is 3.04 bits per heavy atom. The number of hydrogen-bond acceptors (Lipinski definition) is 6. The summed E-state index contributed by atoms with van der Waals surface area (Å²) in [4.78, 5) is 29.1. The number of aromatic nitrogens is 2. The minimum Gasteiger partial charge on any atom is -0.481 e. The summed E-state index contributed by atoms with van der Waals surface area (Å²) < 4.78 is 10.1. The molecule has 1 N–H and O–H groups in total. The fourth-order valence-electron chi connectivity index (χ4n) is 2.64. The molecule has 0 aliphatic carbocycles. The highest BCUT2D eigenvalue weighted by molar-refractivity contribution is 5.78. The van der Waals surface area contributed by atoms with Crippen LogP contribution < -0.4 is 0 Å². The molecular formula is C15H17N3O5. The van der Waals surface area contributed by atoms with Gasteiger partial charge in [0.1, 0.15) is 6.26 Å². The SMILES string of the molecule is O=C(O)[C@@H]1CCCN(C(=O)CCc2nc(-c3ccoc3)no2)C1. The van der Waals surface area contributed by atoms with Gasteiger partial charge in [0.2, 0.25) is 17.6 Å². The summed E-state index contributed by atoms with van der Waals surface area (Å²) in [6, 6.07) is 1.72. The molecule has 2 aromatic heterocycles. The van der Waals surface area contributed by atoms with Crippen LogP contribution in [0.2, 0.25) is 0 Å². The minimum atomic E-state index is -0.843.